The normalized spacial score (nSPS) is 10.4. The molecule has 1 heterocycles. The first-order valence-electron chi connectivity index (χ1n) is 5.65. The summed E-state index contributed by atoms with van der Waals surface area (Å²) in [6.45, 7) is 0.852. The van der Waals surface area contributed by atoms with Crippen molar-refractivity contribution in [3.8, 4) is 0 Å². The van der Waals surface area contributed by atoms with Crippen LogP contribution in [0.25, 0.3) is 0 Å². The van der Waals surface area contributed by atoms with E-state index in [1.807, 2.05) is 24.3 Å². The Kier molecular flexibility index (Phi) is 4.61. The maximum atomic E-state index is 5.80. The molecule has 0 aliphatic heterocycles. The van der Waals surface area contributed by atoms with Gasteiger partial charge in [-0.25, -0.2) is 0 Å². The van der Waals surface area contributed by atoms with Gasteiger partial charge in [-0.15, -0.1) is 11.6 Å². The quantitative estimate of drug-likeness (QED) is 0.782. The van der Waals surface area contributed by atoms with Gasteiger partial charge in [-0.2, -0.15) is 0 Å². The van der Waals surface area contributed by atoms with Crippen LogP contribution in [0.4, 0.5) is 5.69 Å². The Morgan fingerprint density at radius 1 is 1.28 bits per heavy atom. The molecule has 2 aromatic rings. The molecule has 2 rings (SSSR count). The van der Waals surface area contributed by atoms with Crippen molar-refractivity contribution in [2.75, 3.05) is 11.9 Å². The summed E-state index contributed by atoms with van der Waals surface area (Å²) < 4.78 is 1.10. The molecule has 18 heavy (non-hydrogen) atoms. The molecule has 0 saturated heterocycles. The summed E-state index contributed by atoms with van der Waals surface area (Å²) in [4.78, 5) is 6.38. The number of alkyl halides is 1. The van der Waals surface area contributed by atoms with Gasteiger partial charge in [-0.05, 0) is 29.8 Å². The zero-order valence-corrected chi connectivity index (χ0v) is 12.4. The molecule has 4 heteroatoms. The van der Waals surface area contributed by atoms with Crippen LogP contribution in [0.15, 0.2) is 47.1 Å². The second kappa shape index (κ2) is 6.21. The number of pyridine rings is 1. The summed E-state index contributed by atoms with van der Waals surface area (Å²) in [6, 6.07) is 12.3. The molecule has 0 amide bonds. The summed E-state index contributed by atoms with van der Waals surface area (Å²) in [5.74, 6) is 0.443. The van der Waals surface area contributed by atoms with Gasteiger partial charge in [0, 0.05) is 29.9 Å². The van der Waals surface area contributed by atoms with E-state index in [0.29, 0.717) is 5.88 Å². The lowest BCUT2D eigenvalue weighted by Crippen LogP contribution is -2.16. The minimum absolute atomic E-state index is 0.443. The number of aromatic nitrogens is 1. The fourth-order valence-electron chi connectivity index (χ4n) is 1.78. The number of halogens is 2. The molecule has 0 saturated carbocycles. The zero-order valence-electron chi connectivity index (χ0n) is 10.1. The van der Waals surface area contributed by atoms with Crippen molar-refractivity contribution in [2.45, 2.75) is 12.4 Å². The molecule has 0 radical (unpaired) electrons. The third-order valence-electron chi connectivity index (χ3n) is 2.69. The van der Waals surface area contributed by atoms with E-state index in [2.05, 4.69) is 45.0 Å². The van der Waals surface area contributed by atoms with Crippen molar-refractivity contribution < 1.29 is 0 Å². The van der Waals surface area contributed by atoms with Crippen molar-refractivity contribution in [1.29, 1.82) is 0 Å². The van der Waals surface area contributed by atoms with Crippen molar-refractivity contribution >= 4 is 33.2 Å². The van der Waals surface area contributed by atoms with E-state index in [1.54, 1.807) is 6.20 Å². The van der Waals surface area contributed by atoms with Gasteiger partial charge in [-0.1, -0.05) is 28.1 Å². The number of benzene rings is 1. The Bertz CT molecular complexity index is 531. The van der Waals surface area contributed by atoms with Crippen LogP contribution in [0.3, 0.4) is 0 Å². The van der Waals surface area contributed by atoms with Gasteiger partial charge < -0.3 is 4.90 Å². The summed E-state index contributed by atoms with van der Waals surface area (Å²) >= 11 is 9.28. The average molecular weight is 326 g/mol. The Morgan fingerprint density at radius 3 is 2.83 bits per heavy atom. The van der Waals surface area contributed by atoms with Crippen LogP contribution >= 0.6 is 27.5 Å². The minimum Gasteiger partial charge on any atom is -0.370 e. The molecule has 0 atom stereocenters. The number of hydrogen-bond acceptors (Lipinski definition) is 2. The Hall–Kier alpha value is -1.06. The Morgan fingerprint density at radius 2 is 2.11 bits per heavy atom. The topological polar surface area (TPSA) is 16.1 Å². The predicted molar refractivity (Wildman–Crippen MR) is 80.0 cm³/mol. The molecule has 0 aliphatic carbocycles. The summed E-state index contributed by atoms with van der Waals surface area (Å²) in [7, 11) is 2.06. The zero-order chi connectivity index (χ0) is 13.0. The lowest BCUT2D eigenvalue weighted by Gasteiger charge is -2.19. The van der Waals surface area contributed by atoms with E-state index in [-0.39, 0.29) is 0 Å². The molecule has 0 bridgehead atoms. The van der Waals surface area contributed by atoms with Gasteiger partial charge in [0.05, 0.1) is 11.6 Å². The van der Waals surface area contributed by atoms with Gasteiger partial charge in [0.25, 0.3) is 0 Å². The van der Waals surface area contributed by atoms with E-state index in [9.17, 15) is 0 Å². The predicted octanol–water partition coefficient (Wildman–Crippen LogP) is 4.22. The van der Waals surface area contributed by atoms with Crippen LogP contribution in [0.5, 0.6) is 0 Å². The van der Waals surface area contributed by atoms with E-state index in [4.69, 9.17) is 11.6 Å². The molecule has 2 nitrogen and oxygen atoms in total. The van der Waals surface area contributed by atoms with Gasteiger partial charge in [-0.3, -0.25) is 4.98 Å². The van der Waals surface area contributed by atoms with Crippen LogP contribution in [0, 0.1) is 0 Å². The van der Waals surface area contributed by atoms with E-state index in [0.717, 1.165) is 22.4 Å². The molecule has 0 spiro atoms. The van der Waals surface area contributed by atoms with Crippen molar-refractivity contribution in [2.24, 2.45) is 0 Å². The third-order valence-corrected chi connectivity index (χ3v) is 3.45. The van der Waals surface area contributed by atoms with Gasteiger partial charge in [0.15, 0.2) is 0 Å². The van der Waals surface area contributed by atoms with Crippen molar-refractivity contribution in [3.63, 3.8) is 0 Å². The maximum absolute atomic E-state index is 5.80. The lowest BCUT2D eigenvalue weighted by atomic mass is 10.2. The van der Waals surface area contributed by atoms with E-state index >= 15 is 0 Å². The molecule has 0 fully saturated rings. The molecule has 1 aromatic carbocycles. The molecular weight excluding hydrogens is 312 g/mol. The minimum atomic E-state index is 0.443. The third kappa shape index (κ3) is 3.47. The smallest absolute Gasteiger partial charge is 0.0648 e. The van der Waals surface area contributed by atoms with E-state index < -0.39 is 0 Å². The standard InChI is InChI=1S/C14H14BrClN2/c1-18(10-11-3-2-4-12(15)7-11)14-5-6-17-13(8-14)9-16/h2-8H,9-10H2,1H3. The van der Waals surface area contributed by atoms with Crippen molar-refractivity contribution in [3.05, 3.63) is 58.3 Å². The van der Waals surface area contributed by atoms with Crippen LogP contribution in [-0.4, -0.2) is 12.0 Å². The van der Waals surface area contributed by atoms with Crippen LogP contribution in [0.2, 0.25) is 0 Å². The summed E-state index contributed by atoms with van der Waals surface area (Å²) in [5.41, 5.74) is 3.28. The first-order chi connectivity index (χ1) is 8.69. The second-order valence-corrected chi connectivity index (χ2v) is 5.31. The monoisotopic (exact) mass is 324 g/mol. The SMILES string of the molecule is CN(Cc1cccc(Br)c1)c1ccnc(CCl)c1. The molecule has 0 N–H and O–H groups in total. The summed E-state index contributed by atoms with van der Waals surface area (Å²) in [6.07, 6.45) is 1.80. The second-order valence-electron chi connectivity index (χ2n) is 4.12. The fraction of sp³-hybridized carbons (Fsp3) is 0.214. The molecular formula is C14H14BrClN2. The number of hydrogen-bond donors (Lipinski definition) is 0. The van der Waals surface area contributed by atoms with Gasteiger partial charge in [0.1, 0.15) is 0 Å². The highest BCUT2D eigenvalue weighted by Gasteiger charge is 2.04. The highest BCUT2D eigenvalue weighted by Crippen LogP contribution is 2.18. The van der Waals surface area contributed by atoms with Gasteiger partial charge in [0.2, 0.25) is 0 Å². The average Bonchev–Trinajstić information content (AvgIpc) is 2.39. The van der Waals surface area contributed by atoms with E-state index in [1.165, 1.54) is 5.56 Å². The first-order valence-corrected chi connectivity index (χ1v) is 6.98. The first kappa shape index (κ1) is 13.4. The van der Waals surface area contributed by atoms with Crippen LogP contribution in [-0.2, 0) is 12.4 Å². The molecule has 1 aromatic heterocycles. The largest absolute Gasteiger partial charge is 0.370 e. The van der Waals surface area contributed by atoms with Gasteiger partial charge >= 0.3 is 0 Å². The number of anilines is 1. The summed E-state index contributed by atoms with van der Waals surface area (Å²) in [5, 5.41) is 0. The van der Waals surface area contributed by atoms with Crippen LogP contribution in [0.1, 0.15) is 11.3 Å². The number of rotatable bonds is 4. The molecule has 0 unspecified atom stereocenters. The highest BCUT2D eigenvalue weighted by atomic mass is 79.9. The lowest BCUT2D eigenvalue weighted by molar-refractivity contribution is 0.917. The molecule has 0 aliphatic rings. The Labute approximate surface area is 121 Å². The maximum Gasteiger partial charge on any atom is 0.0648 e. The Balaban J connectivity index is 2.13. The van der Waals surface area contributed by atoms with Crippen LogP contribution < -0.4 is 4.90 Å². The van der Waals surface area contributed by atoms with Crippen molar-refractivity contribution in [1.82, 2.24) is 4.98 Å². The molecule has 94 valence electrons. The number of nitrogens with zero attached hydrogens (tertiary/aromatic N) is 2. The fourth-order valence-corrected chi connectivity index (χ4v) is 2.37. The highest BCUT2D eigenvalue weighted by molar-refractivity contribution is 9.10.